The van der Waals surface area contributed by atoms with Crippen LogP contribution in [0.1, 0.15) is 18.4 Å². The van der Waals surface area contributed by atoms with Gasteiger partial charge in [-0.1, -0.05) is 15.9 Å². The fourth-order valence-electron chi connectivity index (χ4n) is 2.16. The highest BCUT2D eigenvalue weighted by Crippen LogP contribution is 2.25. The normalized spacial score (nSPS) is 17.9. The molecule has 18 heavy (non-hydrogen) atoms. The molecule has 1 aliphatic rings. The van der Waals surface area contributed by atoms with E-state index < -0.39 is 0 Å². The molecule has 0 radical (unpaired) electrons. The van der Waals surface area contributed by atoms with E-state index in [-0.39, 0.29) is 16.7 Å². The van der Waals surface area contributed by atoms with Crippen molar-refractivity contribution in [1.29, 1.82) is 0 Å². The Labute approximate surface area is 114 Å². The van der Waals surface area contributed by atoms with Gasteiger partial charge in [0.2, 0.25) is 0 Å². The Morgan fingerprint density at radius 1 is 1.44 bits per heavy atom. The maximum atomic E-state index is 11.0. The van der Waals surface area contributed by atoms with Crippen molar-refractivity contribution < 1.29 is 10.0 Å². The summed E-state index contributed by atoms with van der Waals surface area (Å²) >= 11 is 3.25. The fraction of sp³-hybridized carbons (Fsp3) is 0.500. The van der Waals surface area contributed by atoms with Gasteiger partial charge in [0.05, 0.1) is 11.0 Å². The number of likely N-dealkylation sites (tertiary alicyclic amines) is 1. The van der Waals surface area contributed by atoms with Crippen LogP contribution in [0.4, 0.5) is 5.69 Å². The lowest BCUT2D eigenvalue weighted by Crippen LogP contribution is -2.35. The van der Waals surface area contributed by atoms with E-state index in [2.05, 4.69) is 20.8 Å². The van der Waals surface area contributed by atoms with Crippen LogP contribution >= 0.6 is 15.9 Å². The summed E-state index contributed by atoms with van der Waals surface area (Å²) in [6.45, 7) is 2.14. The largest absolute Gasteiger partial charge is 0.393 e. The van der Waals surface area contributed by atoms with E-state index in [1.165, 1.54) is 6.07 Å². The highest BCUT2D eigenvalue weighted by atomic mass is 79.9. The van der Waals surface area contributed by atoms with Crippen LogP contribution in [0.5, 0.6) is 0 Å². The zero-order valence-electron chi connectivity index (χ0n) is 9.88. The molecular formula is C12H15BrN2O3. The number of benzene rings is 1. The van der Waals surface area contributed by atoms with Crippen molar-refractivity contribution in [2.24, 2.45) is 0 Å². The van der Waals surface area contributed by atoms with Crippen LogP contribution in [0, 0.1) is 10.1 Å². The molecule has 98 valence electrons. The number of aliphatic hydroxyl groups is 1. The van der Waals surface area contributed by atoms with Crippen molar-refractivity contribution in [2.75, 3.05) is 13.1 Å². The summed E-state index contributed by atoms with van der Waals surface area (Å²) in [5, 5.41) is 20.4. The Kier molecular flexibility index (Phi) is 4.31. The van der Waals surface area contributed by atoms with Gasteiger partial charge in [-0.3, -0.25) is 15.0 Å². The molecule has 1 N–H and O–H groups in total. The number of rotatable bonds is 3. The van der Waals surface area contributed by atoms with Gasteiger partial charge < -0.3 is 5.11 Å². The van der Waals surface area contributed by atoms with E-state index in [4.69, 9.17) is 0 Å². The summed E-state index contributed by atoms with van der Waals surface area (Å²) in [7, 11) is 0. The van der Waals surface area contributed by atoms with Crippen LogP contribution in [0.3, 0.4) is 0 Å². The first-order valence-corrected chi connectivity index (χ1v) is 6.69. The predicted octanol–water partition coefficient (Wildman–Crippen LogP) is 2.31. The van der Waals surface area contributed by atoms with Crippen LogP contribution in [-0.4, -0.2) is 34.1 Å². The highest BCUT2D eigenvalue weighted by molar-refractivity contribution is 9.10. The van der Waals surface area contributed by atoms with Crippen LogP contribution in [-0.2, 0) is 6.54 Å². The number of nitrogens with zero attached hydrogens (tertiary/aromatic N) is 2. The Morgan fingerprint density at radius 3 is 2.72 bits per heavy atom. The van der Waals surface area contributed by atoms with Gasteiger partial charge >= 0.3 is 0 Å². The topological polar surface area (TPSA) is 66.6 Å². The molecule has 0 aromatic heterocycles. The number of hydrogen-bond acceptors (Lipinski definition) is 4. The molecule has 0 unspecified atom stereocenters. The van der Waals surface area contributed by atoms with Crippen molar-refractivity contribution in [3.63, 3.8) is 0 Å². The van der Waals surface area contributed by atoms with Gasteiger partial charge in [0.15, 0.2) is 0 Å². The second-order valence-electron chi connectivity index (χ2n) is 4.54. The molecule has 1 aliphatic heterocycles. The minimum absolute atomic E-state index is 0.149. The standard InChI is InChI=1S/C12H15BrN2O3/c13-10-2-1-9(12(7-10)15(17)18)8-14-5-3-11(16)4-6-14/h1-2,7,11,16H,3-6,8H2. The Morgan fingerprint density at radius 2 is 2.11 bits per heavy atom. The molecule has 1 saturated heterocycles. The summed E-state index contributed by atoms with van der Waals surface area (Å²) in [5.41, 5.74) is 0.870. The maximum absolute atomic E-state index is 11.0. The van der Waals surface area contributed by atoms with Gasteiger partial charge in [0, 0.05) is 35.7 Å². The van der Waals surface area contributed by atoms with Crippen molar-refractivity contribution in [2.45, 2.75) is 25.5 Å². The molecule has 1 fully saturated rings. The summed E-state index contributed by atoms with van der Waals surface area (Å²) in [5.74, 6) is 0. The summed E-state index contributed by atoms with van der Waals surface area (Å²) in [6, 6.07) is 5.14. The molecule has 0 spiro atoms. The minimum Gasteiger partial charge on any atom is -0.393 e. The molecule has 2 rings (SSSR count). The maximum Gasteiger partial charge on any atom is 0.275 e. The molecule has 0 amide bonds. The zero-order valence-corrected chi connectivity index (χ0v) is 11.5. The summed E-state index contributed by atoms with van der Waals surface area (Å²) in [4.78, 5) is 12.8. The first kappa shape index (κ1) is 13.5. The number of aliphatic hydroxyl groups excluding tert-OH is 1. The van der Waals surface area contributed by atoms with Crippen molar-refractivity contribution in [1.82, 2.24) is 4.90 Å². The van der Waals surface area contributed by atoms with Crippen molar-refractivity contribution >= 4 is 21.6 Å². The second-order valence-corrected chi connectivity index (χ2v) is 5.45. The SMILES string of the molecule is O=[N+]([O-])c1cc(Br)ccc1CN1CCC(O)CC1. The number of halogens is 1. The first-order valence-electron chi connectivity index (χ1n) is 5.89. The second kappa shape index (κ2) is 5.77. The molecule has 0 saturated carbocycles. The minimum atomic E-state index is -0.348. The Hall–Kier alpha value is -0.980. The number of nitro groups is 1. The summed E-state index contributed by atoms with van der Waals surface area (Å²) in [6.07, 6.45) is 1.26. The number of nitro benzene ring substituents is 1. The van der Waals surface area contributed by atoms with Gasteiger partial charge in [0.25, 0.3) is 5.69 Å². The van der Waals surface area contributed by atoms with Crippen LogP contribution in [0.2, 0.25) is 0 Å². The smallest absolute Gasteiger partial charge is 0.275 e. The predicted molar refractivity (Wildman–Crippen MR) is 71.3 cm³/mol. The highest BCUT2D eigenvalue weighted by Gasteiger charge is 2.21. The lowest BCUT2D eigenvalue weighted by atomic mass is 10.1. The average Bonchev–Trinajstić information content (AvgIpc) is 2.34. The molecular weight excluding hydrogens is 300 g/mol. The van der Waals surface area contributed by atoms with Crippen molar-refractivity contribution in [3.8, 4) is 0 Å². The molecule has 1 aromatic rings. The summed E-state index contributed by atoms with van der Waals surface area (Å²) < 4.78 is 0.715. The zero-order chi connectivity index (χ0) is 13.1. The van der Waals surface area contributed by atoms with Gasteiger partial charge in [0.1, 0.15) is 0 Å². The van der Waals surface area contributed by atoms with E-state index in [1.54, 1.807) is 6.07 Å². The third-order valence-corrected chi connectivity index (χ3v) is 3.69. The van der Waals surface area contributed by atoms with E-state index >= 15 is 0 Å². The van der Waals surface area contributed by atoms with Gasteiger partial charge in [-0.05, 0) is 25.0 Å². The molecule has 1 aromatic carbocycles. The molecule has 5 nitrogen and oxygen atoms in total. The number of hydrogen-bond donors (Lipinski definition) is 1. The van der Waals surface area contributed by atoms with Crippen LogP contribution < -0.4 is 0 Å². The number of piperidine rings is 1. The van der Waals surface area contributed by atoms with E-state index in [9.17, 15) is 15.2 Å². The Balaban J connectivity index is 2.11. The van der Waals surface area contributed by atoms with Crippen LogP contribution in [0.15, 0.2) is 22.7 Å². The molecule has 0 atom stereocenters. The van der Waals surface area contributed by atoms with Crippen LogP contribution in [0.25, 0.3) is 0 Å². The van der Waals surface area contributed by atoms with E-state index in [1.807, 2.05) is 6.07 Å². The van der Waals surface area contributed by atoms with Gasteiger partial charge in [-0.15, -0.1) is 0 Å². The third kappa shape index (κ3) is 3.28. The lowest BCUT2D eigenvalue weighted by Gasteiger charge is -2.29. The molecule has 6 heteroatoms. The lowest BCUT2D eigenvalue weighted by molar-refractivity contribution is -0.385. The van der Waals surface area contributed by atoms with E-state index in [0.717, 1.165) is 31.5 Å². The average molecular weight is 315 g/mol. The molecule has 0 aliphatic carbocycles. The Bertz CT molecular complexity index is 445. The molecule has 0 bridgehead atoms. The third-order valence-electron chi connectivity index (χ3n) is 3.20. The van der Waals surface area contributed by atoms with Crippen molar-refractivity contribution in [3.05, 3.63) is 38.3 Å². The first-order chi connectivity index (χ1) is 8.56. The quantitative estimate of drug-likeness (QED) is 0.686. The van der Waals surface area contributed by atoms with E-state index in [0.29, 0.717) is 11.0 Å². The molecule has 1 heterocycles. The van der Waals surface area contributed by atoms with Gasteiger partial charge in [-0.25, -0.2) is 0 Å². The fourth-order valence-corrected chi connectivity index (χ4v) is 2.51. The monoisotopic (exact) mass is 314 g/mol. The van der Waals surface area contributed by atoms with Gasteiger partial charge in [-0.2, -0.15) is 0 Å².